The molecule has 0 radical (unpaired) electrons. The zero-order chi connectivity index (χ0) is 14.1. The van der Waals surface area contributed by atoms with E-state index < -0.39 is 0 Å². The van der Waals surface area contributed by atoms with Gasteiger partial charge in [0.1, 0.15) is 12.0 Å². The summed E-state index contributed by atoms with van der Waals surface area (Å²) in [5.74, 6) is 1.27. The Bertz CT molecular complexity index is 756. The third-order valence-corrected chi connectivity index (χ3v) is 3.64. The number of fused-ring (bicyclic) bond motifs is 1. The molecule has 0 aliphatic carbocycles. The van der Waals surface area contributed by atoms with Crippen LogP contribution in [0.4, 0.5) is 5.69 Å². The standard InChI is InChI=1S/C15H13N5O/c1-2-4-12-10(3-1)11(5-8-17-12)15-19-14(20-21-15)13-6-7-16-9-18-13/h1-4,6-7,9,11,17H,5,8H2. The fourth-order valence-corrected chi connectivity index (χ4v) is 2.63. The number of hydrogen-bond donors (Lipinski definition) is 1. The van der Waals surface area contributed by atoms with Crippen LogP contribution in [0, 0.1) is 0 Å². The smallest absolute Gasteiger partial charge is 0.234 e. The molecule has 3 aromatic rings. The highest BCUT2D eigenvalue weighted by atomic mass is 16.5. The van der Waals surface area contributed by atoms with Gasteiger partial charge in [-0.15, -0.1) is 0 Å². The number of rotatable bonds is 2. The maximum Gasteiger partial charge on any atom is 0.234 e. The van der Waals surface area contributed by atoms with E-state index in [0.29, 0.717) is 17.4 Å². The van der Waals surface area contributed by atoms with Crippen LogP contribution in [0.3, 0.4) is 0 Å². The molecular formula is C15H13N5O. The van der Waals surface area contributed by atoms with Crippen LogP contribution in [0.2, 0.25) is 0 Å². The van der Waals surface area contributed by atoms with Crippen molar-refractivity contribution in [1.82, 2.24) is 20.1 Å². The predicted molar refractivity (Wildman–Crippen MR) is 76.7 cm³/mol. The molecule has 1 aliphatic heterocycles. The summed E-state index contributed by atoms with van der Waals surface area (Å²) in [6.07, 6.45) is 4.08. The molecule has 6 heteroatoms. The molecule has 0 amide bonds. The zero-order valence-corrected chi connectivity index (χ0v) is 11.2. The van der Waals surface area contributed by atoms with Gasteiger partial charge in [-0.3, -0.25) is 0 Å². The topological polar surface area (TPSA) is 76.7 Å². The second-order valence-electron chi connectivity index (χ2n) is 4.91. The third-order valence-electron chi connectivity index (χ3n) is 3.64. The molecular weight excluding hydrogens is 266 g/mol. The van der Waals surface area contributed by atoms with E-state index in [0.717, 1.165) is 18.7 Å². The zero-order valence-electron chi connectivity index (χ0n) is 11.2. The molecule has 6 nitrogen and oxygen atoms in total. The fourth-order valence-electron chi connectivity index (χ4n) is 2.63. The third kappa shape index (κ3) is 2.14. The Morgan fingerprint density at radius 1 is 1.19 bits per heavy atom. The number of nitrogens with one attached hydrogen (secondary N) is 1. The molecule has 0 fully saturated rings. The van der Waals surface area contributed by atoms with Gasteiger partial charge in [0.25, 0.3) is 0 Å². The number of aromatic nitrogens is 4. The first-order chi connectivity index (χ1) is 10.4. The highest BCUT2D eigenvalue weighted by Gasteiger charge is 2.26. The Balaban J connectivity index is 1.71. The molecule has 0 spiro atoms. The van der Waals surface area contributed by atoms with E-state index in [1.54, 1.807) is 12.3 Å². The van der Waals surface area contributed by atoms with Gasteiger partial charge in [0.05, 0.1) is 5.92 Å². The second-order valence-corrected chi connectivity index (χ2v) is 4.91. The second kappa shape index (κ2) is 4.97. The summed E-state index contributed by atoms with van der Waals surface area (Å²) in [4.78, 5) is 12.5. The molecule has 104 valence electrons. The van der Waals surface area contributed by atoms with Crippen LogP contribution in [0.1, 0.15) is 23.8 Å². The Labute approximate surface area is 121 Å². The largest absolute Gasteiger partial charge is 0.385 e. The summed E-state index contributed by atoms with van der Waals surface area (Å²) in [6.45, 7) is 0.896. The number of para-hydroxylation sites is 1. The van der Waals surface area contributed by atoms with Crippen molar-refractivity contribution in [2.75, 3.05) is 11.9 Å². The summed E-state index contributed by atoms with van der Waals surface area (Å²) < 4.78 is 5.47. The Hall–Kier alpha value is -2.76. The molecule has 0 saturated carbocycles. The molecule has 1 unspecified atom stereocenters. The molecule has 0 saturated heterocycles. The molecule has 1 N–H and O–H groups in total. The monoisotopic (exact) mass is 279 g/mol. The minimum atomic E-state index is 0.130. The summed E-state index contributed by atoms with van der Waals surface area (Å²) in [5, 5.41) is 7.43. The lowest BCUT2D eigenvalue weighted by Gasteiger charge is -2.23. The SMILES string of the molecule is c1ccc2c(c1)NCCC2c1nc(-c2ccncn2)no1. The van der Waals surface area contributed by atoms with Gasteiger partial charge >= 0.3 is 0 Å². The molecule has 4 rings (SSSR count). The van der Waals surface area contributed by atoms with Gasteiger partial charge in [-0.05, 0) is 24.1 Å². The minimum absolute atomic E-state index is 0.130. The minimum Gasteiger partial charge on any atom is -0.385 e. The van der Waals surface area contributed by atoms with Crippen LogP contribution in [-0.4, -0.2) is 26.7 Å². The van der Waals surface area contributed by atoms with E-state index in [9.17, 15) is 0 Å². The highest BCUT2D eigenvalue weighted by Crippen LogP contribution is 2.35. The van der Waals surface area contributed by atoms with E-state index in [1.807, 2.05) is 12.1 Å². The average Bonchev–Trinajstić information content (AvgIpc) is 3.05. The van der Waals surface area contributed by atoms with E-state index >= 15 is 0 Å². The summed E-state index contributed by atoms with van der Waals surface area (Å²) in [7, 11) is 0. The quantitative estimate of drug-likeness (QED) is 0.776. The van der Waals surface area contributed by atoms with Gasteiger partial charge in [0.2, 0.25) is 11.7 Å². The lowest BCUT2D eigenvalue weighted by atomic mass is 9.91. The number of hydrogen-bond acceptors (Lipinski definition) is 6. The molecule has 1 aromatic carbocycles. The van der Waals surface area contributed by atoms with Crippen LogP contribution < -0.4 is 5.32 Å². The van der Waals surface area contributed by atoms with Crippen LogP contribution in [0.15, 0.2) is 47.4 Å². The Morgan fingerprint density at radius 2 is 2.14 bits per heavy atom. The van der Waals surface area contributed by atoms with Gasteiger partial charge < -0.3 is 9.84 Å². The van der Waals surface area contributed by atoms with Crippen molar-refractivity contribution in [2.24, 2.45) is 0 Å². The van der Waals surface area contributed by atoms with E-state index in [1.165, 1.54) is 11.9 Å². The fraction of sp³-hybridized carbons (Fsp3) is 0.200. The first kappa shape index (κ1) is 12.0. The normalized spacial score (nSPS) is 17.0. The van der Waals surface area contributed by atoms with Gasteiger partial charge in [-0.1, -0.05) is 23.4 Å². The lowest BCUT2D eigenvalue weighted by Crippen LogP contribution is -2.17. The van der Waals surface area contributed by atoms with Crippen molar-refractivity contribution in [3.63, 3.8) is 0 Å². The van der Waals surface area contributed by atoms with Crippen LogP contribution >= 0.6 is 0 Å². The number of anilines is 1. The van der Waals surface area contributed by atoms with E-state index in [4.69, 9.17) is 4.52 Å². The molecule has 21 heavy (non-hydrogen) atoms. The van der Waals surface area contributed by atoms with Crippen molar-refractivity contribution in [2.45, 2.75) is 12.3 Å². The highest BCUT2D eigenvalue weighted by molar-refractivity contribution is 5.56. The lowest BCUT2D eigenvalue weighted by molar-refractivity contribution is 0.361. The van der Waals surface area contributed by atoms with E-state index in [2.05, 4.69) is 37.6 Å². The van der Waals surface area contributed by atoms with E-state index in [-0.39, 0.29) is 5.92 Å². The summed E-state index contributed by atoms with van der Waals surface area (Å²) in [6, 6.07) is 9.99. The molecule has 2 aromatic heterocycles. The molecule has 3 heterocycles. The average molecular weight is 279 g/mol. The first-order valence-electron chi connectivity index (χ1n) is 6.84. The van der Waals surface area contributed by atoms with Gasteiger partial charge in [0.15, 0.2) is 0 Å². The maximum absolute atomic E-state index is 5.47. The van der Waals surface area contributed by atoms with Gasteiger partial charge in [-0.2, -0.15) is 4.98 Å². The Morgan fingerprint density at radius 3 is 3.05 bits per heavy atom. The maximum atomic E-state index is 5.47. The summed E-state index contributed by atoms with van der Waals surface area (Å²) >= 11 is 0. The number of nitrogens with zero attached hydrogens (tertiary/aromatic N) is 4. The Kier molecular flexibility index (Phi) is 2.85. The van der Waals surface area contributed by atoms with Crippen molar-refractivity contribution in [3.8, 4) is 11.5 Å². The van der Waals surface area contributed by atoms with Crippen molar-refractivity contribution in [1.29, 1.82) is 0 Å². The van der Waals surface area contributed by atoms with Crippen molar-refractivity contribution in [3.05, 3.63) is 54.3 Å². The first-order valence-corrected chi connectivity index (χ1v) is 6.84. The van der Waals surface area contributed by atoms with Crippen molar-refractivity contribution >= 4 is 5.69 Å². The van der Waals surface area contributed by atoms with Crippen LogP contribution in [0.25, 0.3) is 11.5 Å². The van der Waals surface area contributed by atoms with Crippen LogP contribution in [0.5, 0.6) is 0 Å². The number of benzene rings is 1. The summed E-state index contributed by atoms with van der Waals surface area (Å²) in [5.41, 5.74) is 3.00. The van der Waals surface area contributed by atoms with Gasteiger partial charge in [0, 0.05) is 18.4 Å². The molecule has 1 atom stereocenters. The van der Waals surface area contributed by atoms with Crippen molar-refractivity contribution < 1.29 is 4.52 Å². The van der Waals surface area contributed by atoms with Crippen LogP contribution in [-0.2, 0) is 0 Å². The van der Waals surface area contributed by atoms with Gasteiger partial charge in [-0.25, -0.2) is 9.97 Å². The molecule has 0 bridgehead atoms. The predicted octanol–water partition coefficient (Wildman–Crippen LogP) is 2.47. The molecule has 1 aliphatic rings.